The van der Waals surface area contributed by atoms with E-state index in [1.165, 1.54) is 23.6 Å². The van der Waals surface area contributed by atoms with Crippen LogP contribution in [0.2, 0.25) is 4.34 Å². The van der Waals surface area contributed by atoms with Crippen LogP contribution < -0.4 is 10.0 Å². The van der Waals surface area contributed by atoms with Crippen molar-refractivity contribution in [3.63, 3.8) is 0 Å². The highest BCUT2D eigenvalue weighted by atomic mass is 35.5. The van der Waals surface area contributed by atoms with E-state index in [0.717, 1.165) is 4.88 Å². The van der Waals surface area contributed by atoms with Crippen molar-refractivity contribution in [2.75, 3.05) is 12.4 Å². The number of hydrogen-bond acceptors (Lipinski definition) is 5. The van der Waals surface area contributed by atoms with E-state index in [4.69, 9.17) is 11.6 Å². The fraction of sp³-hybridized carbons (Fsp3) is 0.250. The van der Waals surface area contributed by atoms with E-state index in [1.54, 1.807) is 26.1 Å². The van der Waals surface area contributed by atoms with Gasteiger partial charge in [-0.05, 0) is 31.2 Å². The van der Waals surface area contributed by atoms with Crippen molar-refractivity contribution < 1.29 is 8.42 Å². The summed E-state index contributed by atoms with van der Waals surface area (Å²) < 4.78 is 28.0. The third kappa shape index (κ3) is 3.29. The maximum Gasteiger partial charge on any atom is 0.244 e. The normalized spacial score (nSPS) is 13.2. The van der Waals surface area contributed by atoms with E-state index in [2.05, 4.69) is 15.0 Å². The van der Waals surface area contributed by atoms with Crippen molar-refractivity contribution in [1.29, 1.82) is 0 Å². The molecule has 0 amide bonds. The van der Waals surface area contributed by atoms with Crippen LogP contribution in [-0.2, 0) is 10.0 Å². The molecule has 5 nitrogen and oxygen atoms in total. The molecule has 2 rings (SSSR count). The van der Waals surface area contributed by atoms with Gasteiger partial charge in [0.15, 0.2) is 0 Å². The Hall–Kier alpha value is -1.15. The average molecular weight is 332 g/mol. The molecule has 0 aliphatic carbocycles. The Kier molecular flexibility index (Phi) is 4.64. The van der Waals surface area contributed by atoms with E-state index in [9.17, 15) is 8.42 Å². The molecule has 0 saturated carbocycles. The fourth-order valence-electron chi connectivity index (χ4n) is 1.71. The van der Waals surface area contributed by atoms with E-state index in [0.29, 0.717) is 10.2 Å². The number of pyridine rings is 1. The Morgan fingerprint density at radius 2 is 2.10 bits per heavy atom. The molecule has 0 spiro atoms. The second kappa shape index (κ2) is 6.09. The highest BCUT2D eigenvalue weighted by Crippen LogP contribution is 2.28. The molecule has 0 aromatic carbocycles. The van der Waals surface area contributed by atoms with Crippen LogP contribution in [0.5, 0.6) is 0 Å². The summed E-state index contributed by atoms with van der Waals surface area (Å²) in [6, 6.07) is 6.29. The lowest BCUT2D eigenvalue weighted by molar-refractivity contribution is 0.568. The van der Waals surface area contributed by atoms with Crippen LogP contribution in [0.25, 0.3) is 0 Å². The van der Waals surface area contributed by atoms with Crippen LogP contribution in [0.3, 0.4) is 0 Å². The second-order valence-electron chi connectivity index (χ2n) is 4.08. The van der Waals surface area contributed by atoms with Gasteiger partial charge in [-0.2, -0.15) is 0 Å². The average Bonchev–Trinajstić information content (AvgIpc) is 2.85. The largest absolute Gasteiger partial charge is 0.372 e. The molecule has 8 heteroatoms. The monoisotopic (exact) mass is 331 g/mol. The van der Waals surface area contributed by atoms with Gasteiger partial charge < -0.3 is 5.32 Å². The Morgan fingerprint density at radius 1 is 1.35 bits per heavy atom. The summed E-state index contributed by atoms with van der Waals surface area (Å²) in [5.41, 5.74) is 0. The molecule has 0 fully saturated rings. The number of aromatic nitrogens is 1. The Bertz CT molecular complexity index is 700. The van der Waals surface area contributed by atoms with Gasteiger partial charge in [0.1, 0.15) is 10.7 Å². The lowest BCUT2D eigenvalue weighted by Crippen LogP contribution is -2.27. The van der Waals surface area contributed by atoms with Gasteiger partial charge in [0, 0.05) is 18.1 Å². The van der Waals surface area contributed by atoms with Crippen molar-refractivity contribution in [3.05, 3.63) is 39.7 Å². The smallest absolute Gasteiger partial charge is 0.244 e. The lowest BCUT2D eigenvalue weighted by Gasteiger charge is -2.14. The first kappa shape index (κ1) is 15.2. The van der Waals surface area contributed by atoms with E-state index in [1.807, 2.05) is 6.07 Å². The topological polar surface area (TPSA) is 71.1 Å². The predicted octanol–water partition coefficient (Wildman–Crippen LogP) is 2.88. The molecular formula is C12H14ClN3O2S2. The third-order valence-corrected chi connectivity index (χ3v) is 5.64. The predicted molar refractivity (Wildman–Crippen MR) is 81.8 cm³/mol. The Morgan fingerprint density at radius 3 is 2.70 bits per heavy atom. The van der Waals surface area contributed by atoms with Crippen LogP contribution >= 0.6 is 22.9 Å². The molecule has 0 radical (unpaired) electrons. The van der Waals surface area contributed by atoms with Crippen molar-refractivity contribution >= 4 is 38.8 Å². The van der Waals surface area contributed by atoms with Gasteiger partial charge in [-0.25, -0.2) is 18.1 Å². The summed E-state index contributed by atoms with van der Waals surface area (Å²) in [6.45, 7) is 1.77. The minimum Gasteiger partial charge on any atom is -0.372 e. The van der Waals surface area contributed by atoms with Gasteiger partial charge >= 0.3 is 0 Å². The molecule has 108 valence electrons. The summed E-state index contributed by atoms with van der Waals surface area (Å²) >= 11 is 7.21. The molecule has 0 aliphatic rings. The standard InChI is InChI=1S/C12H14ClN3O2S2/c1-8(9-5-6-11(13)19-9)16-20(17,18)10-4-3-7-15-12(10)14-2/h3-8,16H,1-2H3,(H,14,15). The number of nitrogens with zero attached hydrogens (tertiary/aromatic N) is 1. The molecule has 2 heterocycles. The van der Waals surface area contributed by atoms with Gasteiger partial charge in [-0.15, -0.1) is 11.3 Å². The zero-order valence-electron chi connectivity index (χ0n) is 10.9. The highest BCUT2D eigenvalue weighted by Gasteiger charge is 2.22. The Balaban J connectivity index is 2.27. The van der Waals surface area contributed by atoms with Crippen molar-refractivity contribution in [2.45, 2.75) is 17.9 Å². The molecule has 1 unspecified atom stereocenters. The number of thiophene rings is 1. The summed E-state index contributed by atoms with van der Waals surface area (Å²) in [7, 11) is -2.02. The zero-order chi connectivity index (χ0) is 14.8. The molecule has 0 aliphatic heterocycles. The highest BCUT2D eigenvalue weighted by molar-refractivity contribution is 7.89. The summed E-state index contributed by atoms with van der Waals surface area (Å²) in [5, 5.41) is 2.77. The zero-order valence-corrected chi connectivity index (χ0v) is 13.3. The number of sulfonamides is 1. The summed E-state index contributed by atoms with van der Waals surface area (Å²) in [4.78, 5) is 4.98. The third-order valence-electron chi connectivity index (χ3n) is 2.65. The van der Waals surface area contributed by atoms with Crippen LogP contribution in [0.1, 0.15) is 17.8 Å². The summed E-state index contributed by atoms with van der Waals surface area (Å²) in [5.74, 6) is 0.316. The molecule has 0 saturated heterocycles. The van der Waals surface area contributed by atoms with Gasteiger partial charge in [0.05, 0.1) is 10.4 Å². The first-order chi connectivity index (χ1) is 9.44. The molecule has 0 bridgehead atoms. The van der Waals surface area contributed by atoms with Gasteiger partial charge in [-0.3, -0.25) is 0 Å². The van der Waals surface area contributed by atoms with Gasteiger partial charge in [0.2, 0.25) is 10.0 Å². The molecule has 1 atom stereocenters. The molecule has 2 N–H and O–H groups in total. The number of halogens is 1. The van der Waals surface area contributed by atoms with Crippen molar-refractivity contribution in [1.82, 2.24) is 9.71 Å². The first-order valence-electron chi connectivity index (χ1n) is 5.84. The lowest BCUT2D eigenvalue weighted by atomic mass is 10.3. The molecule has 2 aromatic heterocycles. The summed E-state index contributed by atoms with van der Waals surface area (Å²) in [6.07, 6.45) is 1.54. The SMILES string of the molecule is CNc1ncccc1S(=O)(=O)NC(C)c1ccc(Cl)s1. The Labute approximate surface area is 127 Å². The van der Waals surface area contributed by atoms with E-state index >= 15 is 0 Å². The van der Waals surface area contributed by atoms with E-state index < -0.39 is 10.0 Å². The maximum absolute atomic E-state index is 12.4. The number of nitrogens with one attached hydrogen (secondary N) is 2. The molecule has 20 heavy (non-hydrogen) atoms. The molecule has 2 aromatic rings. The van der Waals surface area contributed by atoms with Gasteiger partial charge in [-0.1, -0.05) is 11.6 Å². The van der Waals surface area contributed by atoms with Crippen LogP contribution in [-0.4, -0.2) is 20.4 Å². The van der Waals surface area contributed by atoms with Crippen LogP contribution in [0.15, 0.2) is 35.4 Å². The minimum absolute atomic E-state index is 0.122. The maximum atomic E-state index is 12.4. The van der Waals surface area contributed by atoms with Crippen molar-refractivity contribution in [3.8, 4) is 0 Å². The van der Waals surface area contributed by atoms with Crippen molar-refractivity contribution in [2.24, 2.45) is 0 Å². The first-order valence-corrected chi connectivity index (χ1v) is 8.52. The molecular weight excluding hydrogens is 318 g/mol. The number of anilines is 1. The van der Waals surface area contributed by atoms with E-state index in [-0.39, 0.29) is 10.9 Å². The number of rotatable bonds is 5. The quantitative estimate of drug-likeness (QED) is 0.883. The second-order valence-corrected chi connectivity index (χ2v) is 7.51. The minimum atomic E-state index is -3.65. The fourth-order valence-corrected chi connectivity index (χ4v) is 4.23. The van der Waals surface area contributed by atoms with Crippen LogP contribution in [0, 0.1) is 0 Å². The van der Waals surface area contributed by atoms with Gasteiger partial charge in [0.25, 0.3) is 0 Å². The van der Waals surface area contributed by atoms with Crippen LogP contribution in [0.4, 0.5) is 5.82 Å². The number of hydrogen-bond donors (Lipinski definition) is 2.